The Morgan fingerprint density at radius 2 is 2.26 bits per heavy atom. The van der Waals surface area contributed by atoms with E-state index in [9.17, 15) is 14.0 Å². The van der Waals surface area contributed by atoms with E-state index in [1.807, 2.05) is 0 Å². The third kappa shape index (κ3) is 3.38. The highest BCUT2D eigenvalue weighted by Gasteiger charge is 2.22. The number of aryl methyl sites for hydroxylation is 1. The SMILES string of the molecule is Cc1c(C(=O)Nc2ccccc2F)sc2ncn(CC3CCCO3)c(=O)c12. The molecule has 0 spiro atoms. The van der Waals surface area contributed by atoms with Crippen molar-refractivity contribution in [2.75, 3.05) is 11.9 Å². The lowest BCUT2D eigenvalue weighted by molar-refractivity contribution is 0.0960. The number of carbonyl (C=O) groups is 1. The van der Waals surface area contributed by atoms with Crippen molar-refractivity contribution >= 4 is 33.1 Å². The summed E-state index contributed by atoms with van der Waals surface area (Å²) in [6, 6.07) is 5.96. The molecular weight excluding hydrogens is 369 g/mol. The zero-order valence-corrected chi connectivity index (χ0v) is 15.5. The Morgan fingerprint density at radius 1 is 1.44 bits per heavy atom. The maximum atomic E-state index is 13.8. The first-order valence-corrected chi connectivity index (χ1v) is 9.52. The molecule has 6 nitrogen and oxygen atoms in total. The van der Waals surface area contributed by atoms with Crippen molar-refractivity contribution in [2.45, 2.75) is 32.4 Å². The number of fused-ring (bicyclic) bond motifs is 1. The number of nitrogens with zero attached hydrogens (tertiary/aromatic N) is 2. The molecule has 2 aromatic heterocycles. The molecule has 27 heavy (non-hydrogen) atoms. The Labute approximate surface area is 158 Å². The third-order valence-electron chi connectivity index (χ3n) is 4.67. The molecule has 1 unspecified atom stereocenters. The van der Waals surface area contributed by atoms with Gasteiger partial charge in [-0.3, -0.25) is 14.2 Å². The predicted molar refractivity (Wildman–Crippen MR) is 102 cm³/mol. The van der Waals surface area contributed by atoms with Gasteiger partial charge >= 0.3 is 0 Å². The van der Waals surface area contributed by atoms with Gasteiger partial charge in [-0.05, 0) is 37.5 Å². The maximum absolute atomic E-state index is 13.8. The largest absolute Gasteiger partial charge is 0.376 e. The number of anilines is 1. The molecule has 0 radical (unpaired) electrons. The van der Waals surface area contributed by atoms with Gasteiger partial charge in [0.1, 0.15) is 10.6 Å². The summed E-state index contributed by atoms with van der Waals surface area (Å²) in [7, 11) is 0. The van der Waals surface area contributed by atoms with E-state index >= 15 is 0 Å². The van der Waals surface area contributed by atoms with Gasteiger partial charge in [0, 0.05) is 6.61 Å². The van der Waals surface area contributed by atoms with Crippen molar-refractivity contribution in [2.24, 2.45) is 0 Å². The first kappa shape index (κ1) is 17.8. The number of benzene rings is 1. The van der Waals surface area contributed by atoms with Crippen LogP contribution in [0.25, 0.3) is 10.2 Å². The molecule has 1 N–H and O–H groups in total. The van der Waals surface area contributed by atoms with Crippen LogP contribution < -0.4 is 10.9 Å². The number of para-hydroxylation sites is 1. The van der Waals surface area contributed by atoms with Gasteiger partial charge in [0.15, 0.2) is 0 Å². The van der Waals surface area contributed by atoms with Crippen molar-refractivity contribution in [3.05, 3.63) is 57.2 Å². The number of amides is 1. The van der Waals surface area contributed by atoms with Gasteiger partial charge in [-0.15, -0.1) is 11.3 Å². The molecular formula is C19H18FN3O3S. The molecule has 8 heteroatoms. The number of ether oxygens (including phenoxy) is 1. The molecule has 1 fully saturated rings. The molecule has 4 rings (SSSR count). The number of nitrogens with one attached hydrogen (secondary N) is 1. The quantitative estimate of drug-likeness (QED) is 0.745. The Balaban J connectivity index is 1.67. The molecule has 3 aromatic rings. The van der Waals surface area contributed by atoms with E-state index in [1.165, 1.54) is 23.0 Å². The Morgan fingerprint density at radius 3 is 3.00 bits per heavy atom. The maximum Gasteiger partial charge on any atom is 0.266 e. The minimum Gasteiger partial charge on any atom is -0.376 e. The highest BCUT2D eigenvalue weighted by Crippen LogP contribution is 2.28. The average molecular weight is 387 g/mol. The van der Waals surface area contributed by atoms with Crippen LogP contribution in [0.1, 0.15) is 28.1 Å². The van der Waals surface area contributed by atoms with E-state index in [-0.39, 0.29) is 17.4 Å². The van der Waals surface area contributed by atoms with Crippen molar-refractivity contribution in [3.63, 3.8) is 0 Å². The highest BCUT2D eigenvalue weighted by atomic mass is 32.1. The van der Waals surface area contributed by atoms with Crippen molar-refractivity contribution in [3.8, 4) is 0 Å². The fraction of sp³-hybridized carbons (Fsp3) is 0.316. The zero-order chi connectivity index (χ0) is 19.0. The highest BCUT2D eigenvalue weighted by molar-refractivity contribution is 7.20. The summed E-state index contributed by atoms with van der Waals surface area (Å²) >= 11 is 1.13. The minimum atomic E-state index is -0.512. The topological polar surface area (TPSA) is 73.2 Å². The summed E-state index contributed by atoms with van der Waals surface area (Å²) in [5.74, 6) is -0.965. The van der Waals surface area contributed by atoms with Crippen LogP contribution in [0.15, 0.2) is 35.4 Å². The van der Waals surface area contributed by atoms with Gasteiger partial charge < -0.3 is 10.1 Å². The molecule has 1 aromatic carbocycles. The molecule has 1 atom stereocenters. The number of thiophene rings is 1. The normalized spacial score (nSPS) is 16.7. The second-order valence-corrected chi connectivity index (χ2v) is 7.51. The number of rotatable bonds is 4. The third-order valence-corrected chi connectivity index (χ3v) is 5.87. The van der Waals surface area contributed by atoms with Crippen LogP contribution in [0.3, 0.4) is 0 Å². The number of halogens is 1. The standard InChI is InChI=1S/C19H18FN3O3S/c1-11-15-18(21-10-23(19(15)25)9-12-5-4-8-26-12)27-16(11)17(24)22-14-7-3-2-6-13(14)20/h2-3,6-7,10,12H,4-5,8-9H2,1H3,(H,22,24). The average Bonchev–Trinajstić information content (AvgIpc) is 3.27. The van der Waals surface area contributed by atoms with E-state index in [0.29, 0.717) is 33.8 Å². The van der Waals surface area contributed by atoms with E-state index in [2.05, 4.69) is 10.3 Å². The number of hydrogen-bond donors (Lipinski definition) is 1. The molecule has 0 saturated carbocycles. The summed E-state index contributed by atoms with van der Waals surface area (Å²) in [4.78, 5) is 30.7. The first-order chi connectivity index (χ1) is 13.0. The molecule has 0 bridgehead atoms. The fourth-order valence-electron chi connectivity index (χ4n) is 3.26. The monoisotopic (exact) mass is 387 g/mol. The second-order valence-electron chi connectivity index (χ2n) is 6.51. The first-order valence-electron chi connectivity index (χ1n) is 8.70. The van der Waals surface area contributed by atoms with Crippen LogP contribution in [-0.2, 0) is 11.3 Å². The number of hydrogen-bond acceptors (Lipinski definition) is 5. The lowest BCUT2D eigenvalue weighted by Gasteiger charge is -2.11. The molecule has 0 aliphatic carbocycles. The lowest BCUT2D eigenvalue weighted by Crippen LogP contribution is -2.26. The summed E-state index contributed by atoms with van der Waals surface area (Å²) in [6.07, 6.45) is 3.43. The van der Waals surface area contributed by atoms with Gasteiger partial charge in [0.2, 0.25) is 0 Å². The number of carbonyl (C=O) groups excluding carboxylic acids is 1. The molecule has 1 aliphatic rings. The van der Waals surface area contributed by atoms with Crippen molar-refractivity contribution < 1.29 is 13.9 Å². The molecule has 1 aliphatic heterocycles. The molecule has 1 amide bonds. The molecule has 3 heterocycles. The number of aromatic nitrogens is 2. The zero-order valence-electron chi connectivity index (χ0n) is 14.7. The Hall–Kier alpha value is -2.58. The van der Waals surface area contributed by atoms with Gasteiger partial charge in [0.05, 0.1) is 34.9 Å². The van der Waals surface area contributed by atoms with Gasteiger partial charge in [-0.2, -0.15) is 0 Å². The second kappa shape index (κ2) is 7.21. The lowest BCUT2D eigenvalue weighted by atomic mass is 10.2. The minimum absolute atomic E-state index is 0.0183. The Bertz CT molecular complexity index is 1070. The van der Waals surface area contributed by atoms with Gasteiger partial charge in [-0.1, -0.05) is 12.1 Å². The summed E-state index contributed by atoms with van der Waals surface area (Å²) in [5.41, 5.74) is 0.473. The summed E-state index contributed by atoms with van der Waals surface area (Å²) in [6.45, 7) is 2.88. The van der Waals surface area contributed by atoms with Crippen LogP contribution in [0.5, 0.6) is 0 Å². The summed E-state index contributed by atoms with van der Waals surface area (Å²) < 4.78 is 20.9. The summed E-state index contributed by atoms with van der Waals surface area (Å²) in [5, 5.41) is 2.99. The molecule has 140 valence electrons. The van der Waals surface area contributed by atoms with Crippen LogP contribution in [0.4, 0.5) is 10.1 Å². The van der Waals surface area contributed by atoms with E-state index < -0.39 is 11.7 Å². The fourth-order valence-corrected chi connectivity index (χ4v) is 4.29. The van der Waals surface area contributed by atoms with Gasteiger partial charge in [-0.25, -0.2) is 9.37 Å². The van der Waals surface area contributed by atoms with Crippen LogP contribution in [0, 0.1) is 12.7 Å². The van der Waals surface area contributed by atoms with Crippen LogP contribution in [0.2, 0.25) is 0 Å². The van der Waals surface area contributed by atoms with Crippen LogP contribution >= 0.6 is 11.3 Å². The van der Waals surface area contributed by atoms with Gasteiger partial charge in [0.25, 0.3) is 11.5 Å². The Kier molecular flexibility index (Phi) is 4.75. The van der Waals surface area contributed by atoms with E-state index in [1.54, 1.807) is 19.1 Å². The van der Waals surface area contributed by atoms with Crippen molar-refractivity contribution in [1.29, 1.82) is 0 Å². The smallest absolute Gasteiger partial charge is 0.266 e. The van der Waals surface area contributed by atoms with Crippen LogP contribution in [-0.4, -0.2) is 28.2 Å². The van der Waals surface area contributed by atoms with E-state index in [4.69, 9.17) is 4.74 Å². The van der Waals surface area contributed by atoms with E-state index in [0.717, 1.165) is 24.2 Å². The van der Waals surface area contributed by atoms with Crippen molar-refractivity contribution in [1.82, 2.24) is 9.55 Å². The predicted octanol–water partition coefficient (Wildman–Crippen LogP) is 3.34. The molecule has 1 saturated heterocycles.